The van der Waals surface area contributed by atoms with Gasteiger partial charge in [-0.05, 0) is 49.2 Å². The number of aryl methyl sites for hydroxylation is 2. The molecule has 116 valence electrons. The van der Waals surface area contributed by atoms with Crippen LogP contribution in [-0.4, -0.2) is 17.1 Å². The topological polar surface area (TPSA) is 57.2 Å². The molecule has 1 heterocycles. The Morgan fingerprint density at radius 3 is 2.65 bits per heavy atom. The first-order valence-corrected chi connectivity index (χ1v) is 8.02. The summed E-state index contributed by atoms with van der Waals surface area (Å²) in [5.74, 6) is -0.246. The maximum Gasteiger partial charge on any atom is 0.288 e. The molecule has 0 atom stereocenters. The van der Waals surface area contributed by atoms with Crippen LogP contribution < -0.4 is 5.43 Å². The van der Waals surface area contributed by atoms with Gasteiger partial charge in [-0.3, -0.25) is 4.79 Å². The molecule has 0 aliphatic rings. The van der Waals surface area contributed by atoms with Crippen molar-refractivity contribution in [1.29, 1.82) is 0 Å². The van der Waals surface area contributed by atoms with E-state index in [9.17, 15) is 4.79 Å². The average molecular weight is 370 g/mol. The van der Waals surface area contributed by atoms with Gasteiger partial charge >= 0.3 is 0 Å². The molecule has 0 aliphatic heterocycles. The predicted molar refractivity (Wildman–Crippen MR) is 97.0 cm³/mol. The van der Waals surface area contributed by atoms with E-state index in [1.54, 1.807) is 6.21 Å². The third kappa shape index (κ3) is 3.35. The van der Waals surface area contributed by atoms with Crippen LogP contribution in [0.25, 0.3) is 10.9 Å². The number of rotatable bonds is 3. The SMILES string of the molecule is Cc1ccc2[nH]c(C(=O)NN=Cc3ccc(Br)cc3)c(C)c2c1. The van der Waals surface area contributed by atoms with Crippen molar-refractivity contribution in [2.45, 2.75) is 13.8 Å². The lowest BCUT2D eigenvalue weighted by Crippen LogP contribution is -2.18. The van der Waals surface area contributed by atoms with Crippen LogP contribution in [0.2, 0.25) is 0 Å². The molecular formula is C18H16BrN3O. The Balaban J connectivity index is 1.78. The minimum Gasteiger partial charge on any atom is -0.350 e. The number of aromatic nitrogens is 1. The standard InChI is InChI=1S/C18H16BrN3O/c1-11-3-8-16-15(9-11)12(2)17(21-16)18(23)22-20-10-13-4-6-14(19)7-5-13/h3-10,21H,1-2H3,(H,22,23). The summed E-state index contributed by atoms with van der Waals surface area (Å²) in [4.78, 5) is 15.5. The summed E-state index contributed by atoms with van der Waals surface area (Å²) in [7, 11) is 0. The van der Waals surface area contributed by atoms with Gasteiger partial charge in [0, 0.05) is 15.4 Å². The molecule has 0 radical (unpaired) electrons. The molecule has 1 amide bonds. The summed E-state index contributed by atoms with van der Waals surface area (Å²) in [6.45, 7) is 3.97. The van der Waals surface area contributed by atoms with E-state index in [4.69, 9.17) is 0 Å². The summed E-state index contributed by atoms with van der Waals surface area (Å²) in [5, 5.41) is 5.08. The average Bonchev–Trinajstić information content (AvgIpc) is 2.86. The van der Waals surface area contributed by atoms with Gasteiger partial charge in [-0.25, -0.2) is 5.43 Å². The highest BCUT2D eigenvalue weighted by molar-refractivity contribution is 9.10. The molecule has 0 aliphatic carbocycles. The zero-order valence-corrected chi connectivity index (χ0v) is 14.4. The Kier molecular flexibility index (Phi) is 4.30. The van der Waals surface area contributed by atoms with Gasteiger partial charge in [0.1, 0.15) is 5.69 Å². The first kappa shape index (κ1) is 15.5. The number of hydrogen-bond donors (Lipinski definition) is 2. The van der Waals surface area contributed by atoms with Crippen LogP contribution in [0.3, 0.4) is 0 Å². The largest absolute Gasteiger partial charge is 0.350 e. The van der Waals surface area contributed by atoms with E-state index in [0.717, 1.165) is 26.5 Å². The number of fused-ring (bicyclic) bond motifs is 1. The molecule has 0 saturated carbocycles. The third-order valence-electron chi connectivity index (χ3n) is 3.69. The second-order valence-corrected chi connectivity index (χ2v) is 6.34. The fourth-order valence-corrected chi connectivity index (χ4v) is 2.70. The van der Waals surface area contributed by atoms with Crippen LogP contribution in [0.1, 0.15) is 27.2 Å². The van der Waals surface area contributed by atoms with Crippen LogP contribution in [0, 0.1) is 13.8 Å². The number of aromatic amines is 1. The molecule has 2 aromatic carbocycles. The minimum absolute atomic E-state index is 0.246. The number of carbonyl (C=O) groups excluding carboxylic acids is 1. The van der Waals surface area contributed by atoms with Crippen LogP contribution in [-0.2, 0) is 0 Å². The smallest absolute Gasteiger partial charge is 0.288 e. The van der Waals surface area contributed by atoms with Crippen molar-refractivity contribution in [2.24, 2.45) is 5.10 Å². The summed E-state index contributed by atoms with van der Waals surface area (Å²) < 4.78 is 1.00. The zero-order chi connectivity index (χ0) is 16.4. The van der Waals surface area contributed by atoms with Crippen LogP contribution >= 0.6 is 15.9 Å². The molecule has 5 heteroatoms. The monoisotopic (exact) mass is 369 g/mol. The van der Waals surface area contributed by atoms with Gasteiger partial charge in [-0.15, -0.1) is 0 Å². The molecule has 0 fully saturated rings. The number of H-pyrrole nitrogens is 1. The highest BCUT2D eigenvalue weighted by atomic mass is 79.9. The number of halogens is 1. The first-order valence-electron chi connectivity index (χ1n) is 7.22. The number of nitrogens with one attached hydrogen (secondary N) is 2. The Morgan fingerprint density at radius 1 is 1.17 bits per heavy atom. The molecular weight excluding hydrogens is 354 g/mol. The lowest BCUT2D eigenvalue weighted by atomic mass is 10.1. The number of amides is 1. The predicted octanol–water partition coefficient (Wildman–Crippen LogP) is 4.31. The van der Waals surface area contributed by atoms with Crippen molar-refractivity contribution < 1.29 is 4.79 Å². The number of benzene rings is 2. The van der Waals surface area contributed by atoms with E-state index in [2.05, 4.69) is 37.5 Å². The zero-order valence-electron chi connectivity index (χ0n) is 12.9. The fourth-order valence-electron chi connectivity index (χ4n) is 2.44. The molecule has 2 N–H and O–H groups in total. The maximum absolute atomic E-state index is 12.3. The second-order valence-electron chi connectivity index (χ2n) is 5.42. The lowest BCUT2D eigenvalue weighted by Gasteiger charge is -1.99. The summed E-state index contributed by atoms with van der Waals surface area (Å²) >= 11 is 3.38. The van der Waals surface area contributed by atoms with Crippen LogP contribution in [0.15, 0.2) is 52.0 Å². The summed E-state index contributed by atoms with van der Waals surface area (Å²) in [6, 6.07) is 13.8. The van der Waals surface area contributed by atoms with E-state index in [-0.39, 0.29) is 5.91 Å². The molecule has 0 unspecified atom stereocenters. The molecule has 0 spiro atoms. The van der Waals surface area contributed by atoms with E-state index in [1.165, 1.54) is 5.56 Å². The second kappa shape index (κ2) is 6.38. The van der Waals surface area contributed by atoms with E-state index < -0.39 is 0 Å². The fraction of sp³-hybridized carbons (Fsp3) is 0.111. The van der Waals surface area contributed by atoms with Crippen molar-refractivity contribution in [3.05, 3.63) is 69.3 Å². The van der Waals surface area contributed by atoms with Gasteiger partial charge < -0.3 is 4.98 Å². The number of hydrogen-bond acceptors (Lipinski definition) is 2. The molecule has 0 bridgehead atoms. The minimum atomic E-state index is -0.246. The Labute approximate surface area is 142 Å². The number of nitrogens with zero attached hydrogens (tertiary/aromatic N) is 1. The van der Waals surface area contributed by atoms with Crippen molar-refractivity contribution in [3.8, 4) is 0 Å². The van der Waals surface area contributed by atoms with Gasteiger partial charge in [0.2, 0.25) is 0 Å². The van der Waals surface area contributed by atoms with Crippen molar-refractivity contribution in [2.75, 3.05) is 0 Å². The number of hydrazone groups is 1. The van der Waals surface area contributed by atoms with Crippen LogP contribution in [0.4, 0.5) is 0 Å². The Morgan fingerprint density at radius 2 is 1.91 bits per heavy atom. The molecule has 23 heavy (non-hydrogen) atoms. The highest BCUT2D eigenvalue weighted by Gasteiger charge is 2.14. The van der Waals surface area contributed by atoms with Crippen molar-refractivity contribution >= 4 is 39.0 Å². The summed E-state index contributed by atoms with van der Waals surface area (Å²) in [5.41, 5.74) is 7.07. The highest BCUT2D eigenvalue weighted by Crippen LogP contribution is 2.22. The van der Waals surface area contributed by atoms with Gasteiger partial charge in [0.05, 0.1) is 6.21 Å². The van der Waals surface area contributed by atoms with E-state index in [0.29, 0.717) is 5.69 Å². The van der Waals surface area contributed by atoms with Gasteiger partial charge in [-0.2, -0.15) is 5.10 Å². The van der Waals surface area contributed by atoms with Crippen molar-refractivity contribution in [1.82, 2.24) is 10.4 Å². The van der Waals surface area contributed by atoms with Gasteiger partial charge in [0.25, 0.3) is 5.91 Å². The van der Waals surface area contributed by atoms with Gasteiger partial charge in [-0.1, -0.05) is 39.7 Å². The number of carbonyl (C=O) groups is 1. The normalized spacial score (nSPS) is 11.3. The Hall–Kier alpha value is -2.40. The lowest BCUT2D eigenvalue weighted by molar-refractivity contribution is 0.0950. The Bertz CT molecular complexity index is 895. The first-order chi connectivity index (χ1) is 11.0. The van der Waals surface area contributed by atoms with Crippen LogP contribution in [0.5, 0.6) is 0 Å². The maximum atomic E-state index is 12.3. The molecule has 4 nitrogen and oxygen atoms in total. The molecule has 1 aromatic heterocycles. The molecule has 0 saturated heterocycles. The molecule has 3 rings (SSSR count). The molecule has 3 aromatic rings. The summed E-state index contributed by atoms with van der Waals surface area (Å²) in [6.07, 6.45) is 1.62. The van der Waals surface area contributed by atoms with Crippen molar-refractivity contribution in [3.63, 3.8) is 0 Å². The van der Waals surface area contributed by atoms with E-state index >= 15 is 0 Å². The quantitative estimate of drug-likeness (QED) is 0.524. The van der Waals surface area contributed by atoms with E-state index in [1.807, 2.05) is 50.2 Å². The van der Waals surface area contributed by atoms with Gasteiger partial charge in [0.15, 0.2) is 0 Å². The third-order valence-corrected chi connectivity index (χ3v) is 4.22.